The number of hydrogen-bond donors (Lipinski definition) is 3. The molecule has 0 saturated carbocycles. The van der Waals surface area contributed by atoms with Crippen LogP contribution in [0.3, 0.4) is 0 Å². The minimum Gasteiger partial charge on any atom is -0.316 e. The predicted octanol–water partition coefficient (Wildman–Crippen LogP) is 0.633. The summed E-state index contributed by atoms with van der Waals surface area (Å²) in [7, 11) is -1.97. The average molecular weight is 281 g/mol. The first-order valence-electron chi connectivity index (χ1n) is 5.66. The first kappa shape index (κ1) is 13.5. The Bertz CT molecular complexity index is 651. The van der Waals surface area contributed by atoms with Gasteiger partial charge in [-0.1, -0.05) is 0 Å². The maximum atomic E-state index is 12.3. The summed E-state index contributed by atoms with van der Waals surface area (Å²) in [6, 6.07) is 3.28. The van der Waals surface area contributed by atoms with Gasteiger partial charge in [0.15, 0.2) is 0 Å². The highest BCUT2D eigenvalue weighted by Gasteiger charge is 2.23. The van der Waals surface area contributed by atoms with Gasteiger partial charge in [0.25, 0.3) is 10.0 Å². The van der Waals surface area contributed by atoms with Crippen molar-refractivity contribution in [2.45, 2.75) is 18.5 Å². The van der Waals surface area contributed by atoms with E-state index in [0.717, 1.165) is 5.69 Å². The van der Waals surface area contributed by atoms with Gasteiger partial charge in [-0.2, -0.15) is 13.5 Å². The van der Waals surface area contributed by atoms with Gasteiger partial charge in [-0.25, -0.2) is 0 Å². The zero-order chi connectivity index (χ0) is 13.9. The Labute approximate surface area is 111 Å². The van der Waals surface area contributed by atoms with Crippen LogP contribution in [-0.4, -0.2) is 30.6 Å². The topological polar surface area (TPSA) is 99.8 Å². The summed E-state index contributed by atoms with van der Waals surface area (Å²) in [5, 5.41) is 9.48. The summed E-state index contributed by atoms with van der Waals surface area (Å²) in [4.78, 5) is 3.86. The summed E-state index contributed by atoms with van der Waals surface area (Å²) in [5.41, 5.74) is 1.75. The van der Waals surface area contributed by atoms with Crippen LogP contribution >= 0.6 is 0 Å². The maximum Gasteiger partial charge on any atom is 0.281 e. The van der Waals surface area contributed by atoms with Crippen LogP contribution < -0.4 is 10.0 Å². The van der Waals surface area contributed by atoms with Crippen LogP contribution in [-0.2, 0) is 16.6 Å². The molecule has 0 saturated heterocycles. The molecule has 2 heterocycles. The van der Waals surface area contributed by atoms with Crippen molar-refractivity contribution < 1.29 is 8.42 Å². The zero-order valence-electron chi connectivity index (χ0n) is 10.6. The van der Waals surface area contributed by atoms with E-state index in [4.69, 9.17) is 0 Å². The minimum atomic E-state index is -3.72. The van der Waals surface area contributed by atoms with E-state index in [1.165, 1.54) is 6.20 Å². The van der Waals surface area contributed by atoms with E-state index in [-0.39, 0.29) is 5.03 Å². The molecule has 102 valence electrons. The van der Waals surface area contributed by atoms with Crippen molar-refractivity contribution in [2.75, 3.05) is 11.8 Å². The van der Waals surface area contributed by atoms with Crippen molar-refractivity contribution in [3.63, 3.8) is 0 Å². The molecule has 2 rings (SSSR count). The molecule has 2 aromatic heterocycles. The number of sulfonamides is 1. The molecule has 7 nitrogen and oxygen atoms in total. The Hall–Kier alpha value is -1.93. The summed E-state index contributed by atoms with van der Waals surface area (Å²) in [5.74, 6) is 0. The second-order valence-electron chi connectivity index (χ2n) is 4.01. The van der Waals surface area contributed by atoms with Gasteiger partial charge in [-0.3, -0.25) is 14.8 Å². The van der Waals surface area contributed by atoms with Crippen molar-refractivity contribution in [1.29, 1.82) is 0 Å². The molecule has 8 heteroatoms. The van der Waals surface area contributed by atoms with Gasteiger partial charge >= 0.3 is 0 Å². The summed E-state index contributed by atoms with van der Waals surface area (Å²) < 4.78 is 27.0. The maximum absolute atomic E-state index is 12.3. The summed E-state index contributed by atoms with van der Waals surface area (Å²) >= 11 is 0. The number of aryl methyl sites for hydroxylation is 1. The molecule has 0 amide bonds. The Morgan fingerprint density at radius 3 is 2.84 bits per heavy atom. The molecule has 0 bridgehead atoms. The molecular formula is C11H15N5O2S. The molecule has 0 spiro atoms. The SMILES string of the molecule is CNCc1c(S(=O)(=O)Nc2cccnc2)n[nH]c1C. The molecule has 0 aliphatic carbocycles. The van der Waals surface area contributed by atoms with Crippen LogP contribution in [0.15, 0.2) is 29.6 Å². The Kier molecular flexibility index (Phi) is 3.82. The fourth-order valence-electron chi connectivity index (χ4n) is 1.66. The lowest BCUT2D eigenvalue weighted by Crippen LogP contribution is -2.17. The van der Waals surface area contributed by atoms with E-state index in [9.17, 15) is 8.42 Å². The lowest BCUT2D eigenvalue weighted by molar-refractivity contribution is 0.595. The Balaban J connectivity index is 2.35. The average Bonchev–Trinajstić information content (AvgIpc) is 2.73. The number of pyridine rings is 1. The molecule has 0 unspecified atom stereocenters. The molecule has 0 atom stereocenters. The van der Waals surface area contributed by atoms with Gasteiger partial charge in [0.1, 0.15) is 0 Å². The summed E-state index contributed by atoms with van der Waals surface area (Å²) in [6.45, 7) is 2.20. The number of H-pyrrole nitrogens is 1. The third-order valence-corrected chi connectivity index (χ3v) is 3.91. The molecule has 0 radical (unpaired) electrons. The van der Waals surface area contributed by atoms with E-state index < -0.39 is 10.0 Å². The van der Waals surface area contributed by atoms with Gasteiger partial charge in [-0.15, -0.1) is 0 Å². The van der Waals surface area contributed by atoms with Crippen LogP contribution in [0.25, 0.3) is 0 Å². The van der Waals surface area contributed by atoms with Crippen molar-refractivity contribution in [1.82, 2.24) is 20.5 Å². The largest absolute Gasteiger partial charge is 0.316 e. The van der Waals surface area contributed by atoms with Crippen molar-refractivity contribution in [3.05, 3.63) is 35.8 Å². The number of nitrogens with zero attached hydrogens (tertiary/aromatic N) is 2. The Morgan fingerprint density at radius 1 is 1.42 bits per heavy atom. The predicted molar refractivity (Wildman–Crippen MR) is 71.1 cm³/mol. The minimum absolute atomic E-state index is 0.00297. The van der Waals surface area contributed by atoms with Crippen LogP contribution in [0.4, 0.5) is 5.69 Å². The fourth-order valence-corrected chi connectivity index (χ4v) is 2.91. The van der Waals surface area contributed by atoms with Gasteiger partial charge in [0, 0.05) is 24.0 Å². The fraction of sp³-hybridized carbons (Fsp3) is 0.273. The summed E-state index contributed by atoms with van der Waals surface area (Å²) in [6.07, 6.45) is 3.01. The van der Waals surface area contributed by atoms with E-state index in [1.807, 2.05) is 0 Å². The molecule has 0 aromatic carbocycles. The molecule has 0 aliphatic heterocycles. The highest BCUT2D eigenvalue weighted by atomic mass is 32.2. The Morgan fingerprint density at radius 2 is 2.21 bits per heavy atom. The molecule has 0 fully saturated rings. The van der Waals surface area contributed by atoms with Crippen molar-refractivity contribution in [3.8, 4) is 0 Å². The van der Waals surface area contributed by atoms with Gasteiger partial charge in [-0.05, 0) is 26.1 Å². The number of nitrogens with one attached hydrogen (secondary N) is 3. The van der Waals surface area contributed by atoms with Crippen LogP contribution in [0.1, 0.15) is 11.3 Å². The third-order valence-electron chi connectivity index (χ3n) is 2.56. The van der Waals surface area contributed by atoms with E-state index in [1.54, 1.807) is 32.3 Å². The molecule has 19 heavy (non-hydrogen) atoms. The quantitative estimate of drug-likeness (QED) is 0.746. The first-order valence-corrected chi connectivity index (χ1v) is 7.14. The standard InChI is InChI=1S/C11H15N5O2S/c1-8-10(7-12-2)11(15-14-8)19(17,18)16-9-4-3-5-13-6-9/h3-6,12,16H,7H2,1-2H3,(H,14,15). The van der Waals surface area contributed by atoms with E-state index >= 15 is 0 Å². The van der Waals surface area contributed by atoms with Gasteiger partial charge in [0.05, 0.1) is 11.9 Å². The van der Waals surface area contributed by atoms with Crippen LogP contribution in [0, 0.1) is 6.92 Å². The first-order chi connectivity index (χ1) is 9.04. The molecule has 2 aromatic rings. The monoisotopic (exact) mass is 281 g/mol. The number of aromatic amines is 1. The normalized spacial score (nSPS) is 11.5. The number of hydrogen-bond acceptors (Lipinski definition) is 5. The highest BCUT2D eigenvalue weighted by Crippen LogP contribution is 2.19. The van der Waals surface area contributed by atoms with Crippen molar-refractivity contribution in [2.24, 2.45) is 0 Å². The van der Waals surface area contributed by atoms with E-state index in [0.29, 0.717) is 17.8 Å². The second kappa shape index (κ2) is 5.37. The number of rotatable bonds is 5. The second-order valence-corrected chi connectivity index (χ2v) is 5.61. The smallest absolute Gasteiger partial charge is 0.281 e. The van der Waals surface area contributed by atoms with Gasteiger partial charge in [0.2, 0.25) is 5.03 Å². The molecule has 3 N–H and O–H groups in total. The third kappa shape index (κ3) is 2.91. The van der Waals surface area contributed by atoms with Gasteiger partial charge < -0.3 is 5.32 Å². The lowest BCUT2D eigenvalue weighted by atomic mass is 10.3. The van der Waals surface area contributed by atoms with Crippen LogP contribution in [0.2, 0.25) is 0 Å². The van der Waals surface area contributed by atoms with Crippen molar-refractivity contribution >= 4 is 15.7 Å². The van der Waals surface area contributed by atoms with E-state index in [2.05, 4.69) is 25.2 Å². The van der Waals surface area contributed by atoms with Crippen LogP contribution in [0.5, 0.6) is 0 Å². The number of anilines is 1. The molecular weight excluding hydrogens is 266 g/mol. The highest BCUT2D eigenvalue weighted by molar-refractivity contribution is 7.92. The molecule has 0 aliphatic rings. The number of aromatic nitrogens is 3. The lowest BCUT2D eigenvalue weighted by Gasteiger charge is -2.07. The zero-order valence-corrected chi connectivity index (χ0v) is 11.5.